The molecule has 4 rings (SSSR count). The molecule has 0 unspecified atom stereocenters. The fourth-order valence-electron chi connectivity index (χ4n) is 3.83. The van der Waals surface area contributed by atoms with Gasteiger partial charge >= 0.3 is 10.1 Å². The second-order valence-electron chi connectivity index (χ2n) is 8.26. The van der Waals surface area contributed by atoms with E-state index in [2.05, 4.69) is 0 Å². The summed E-state index contributed by atoms with van der Waals surface area (Å²) in [6.07, 6.45) is 0. The van der Waals surface area contributed by atoms with Crippen molar-refractivity contribution in [3.05, 3.63) is 102 Å². The summed E-state index contributed by atoms with van der Waals surface area (Å²) in [7, 11) is -1.31. The Balaban J connectivity index is 1.61. The molecule has 0 heterocycles. The lowest BCUT2D eigenvalue weighted by Crippen LogP contribution is -2.33. The number of benzene rings is 4. The Bertz CT molecular complexity index is 1510. The van der Waals surface area contributed by atoms with Crippen LogP contribution >= 0.6 is 0 Å². The zero-order valence-electron chi connectivity index (χ0n) is 20.4. The van der Waals surface area contributed by atoms with E-state index < -0.39 is 15.9 Å². The average molecular weight is 524 g/mol. The molecule has 9 heteroatoms. The van der Waals surface area contributed by atoms with Gasteiger partial charge in [-0.1, -0.05) is 36.4 Å². The Hall–Kier alpha value is -3.95. The van der Waals surface area contributed by atoms with E-state index in [0.717, 1.165) is 35.0 Å². The van der Waals surface area contributed by atoms with Gasteiger partial charge in [0.05, 0.1) is 13.7 Å². The minimum atomic E-state index is -4.25. The first kappa shape index (κ1) is 26.1. The fraction of sp³-hybridized carbons (Fsp3) is 0.179. The van der Waals surface area contributed by atoms with Crippen molar-refractivity contribution in [2.45, 2.75) is 11.4 Å². The highest BCUT2D eigenvalue weighted by Gasteiger charge is 2.21. The normalized spacial score (nSPS) is 11.3. The molecule has 0 atom stereocenters. The minimum absolute atomic E-state index is 0.0471. The lowest BCUT2D eigenvalue weighted by atomic mass is 10.1. The van der Waals surface area contributed by atoms with Crippen LogP contribution in [0.4, 0.5) is 4.39 Å². The third-order valence-electron chi connectivity index (χ3n) is 5.75. The number of rotatable bonds is 10. The number of ether oxygens (including phenoxy) is 2. The average Bonchev–Trinajstić information content (AvgIpc) is 2.90. The van der Waals surface area contributed by atoms with Gasteiger partial charge in [-0.15, -0.1) is 0 Å². The van der Waals surface area contributed by atoms with Gasteiger partial charge in [0.2, 0.25) is 0 Å². The summed E-state index contributed by atoms with van der Waals surface area (Å²) < 4.78 is 54.6. The van der Waals surface area contributed by atoms with Gasteiger partial charge in [0.1, 0.15) is 10.7 Å². The van der Waals surface area contributed by atoms with E-state index in [9.17, 15) is 17.6 Å². The molecule has 0 saturated heterocycles. The molecular weight excluding hydrogens is 497 g/mol. The molecule has 4 aromatic rings. The molecular formula is C28H26FNO6S. The van der Waals surface area contributed by atoms with Gasteiger partial charge in [-0.25, -0.2) is 4.39 Å². The standard InChI is InChI=1S/C28H26FNO6S/c1-34-16-15-30(28(31)23-9-8-21-5-3-4-6-22(21)18-23)19-20-7-14-26(35-2)27(17-20)36-37(32,33)25-12-10-24(29)11-13-25/h3-14,17-18H,15-16,19H2,1-2H3. The van der Waals surface area contributed by atoms with Crippen LogP contribution in [-0.2, 0) is 21.4 Å². The van der Waals surface area contributed by atoms with E-state index in [4.69, 9.17) is 13.7 Å². The molecule has 0 aliphatic heterocycles. The molecule has 37 heavy (non-hydrogen) atoms. The summed E-state index contributed by atoms with van der Waals surface area (Å²) in [6, 6.07) is 22.4. The zero-order valence-corrected chi connectivity index (χ0v) is 21.2. The van der Waals surface area contributed by atoms with Crippen LogP contribution in [0.5, 0.6) is 11.5 Å². The second-order valence-corrected chi connectivity index (χ2v) is 9.80. The maximum atomic E-state index is 13.4. The summed E-state index contributed by atoms with van der Waals surface area (Å²) in [5, 5.41) is 1.98. The molecule has 7 nitrogen and oxygen atoms in total. The van der Waals surface area contributed by atoms with Crippen molar-refractivity contribution in [3.63, 3.8) is 0 Å². The van der Waals surface area contributed by atoms with Gasteiger partial charge < -0.3 is 18.6 Å². The SMILES string of the molecule is COCCN(Cc1ccc(OC)c(OS(=O)(=O)c2ccc(F)cc2)c1)C(=O)c1ccc2ccccc2c1. The first-order chi connectivity index (χ1) is 17.8. The number of nitrogens with zero attached hydrogens (tertiary/aromatic N) is 1. The molecule has 0 bridgehead atoms. The van der Waals surface area contributed by atoms with Gasteiger partial charge in [0.15, 0.2) is 11.5 Å². The molecule has 0 spiro atoms. The van der Waals surface area contributed by atoms with Gasteiger partial charge in [-0.2, -0.15) is 8.42 Å². The maximum absolute atomic E-state index is 13.4. The lowest BCUT2D eigenvalue weighted by molar-refractivity contribution is 0.0680. The summed E-state index contributed by atoms with van der Waals surface area (Å²) in [6.45, 7) is 0.808. The number of halogens is 1. The first-order valence-electron chi connectivity index (χ1n) is 11.4. The smallest absolute Gasteiger partial charge is 0.339 e. The number of carbonyl (C=O) groups excluding carboxylic acids is 1. The molecule has 0 aliphatic carbocycles. The molecule has 0 N–H and O–H groups in total. The summed E-state index contributed by atoms with van der Waals surface area (Å²) in [4.78, 5) is 14.9. The predicted octanol–water partition coefficient (Wildman–Crippen LogP) is 5.04. The van der Waals surface area contributed by atoms with E-state index in [-0.39, 0.29) is 28.8 Å². The summed E-state index contributed by atoms with van der Waals surface area (Å²) >= 11 is 0. The molecule has 0 aliphatic rings. The highest BCUT2D eigenvalue weighted by molar-refractivity contribution is 7.87. The molecule has 0 fully saturated rings. The fourth-order valence-corrected chi connectivity index (χ4v) is 4.76. The molecule has 4 aromatic carbocycles. The molecule has 0 radical (unpaired) electrons. The van der Waals surface area contributed by atoms with Gasteiger partial charge in [-0.3, -0.25) is 4.79 Å². The van der Waals surface area contributed by atoms with Crippen molar-refractivity contribution in [2.75, 3.05) is 27.4 Å². The Kier molecular flexibility index (Phi) is 8.05. The Morgan fingerprint density at radius 3 is 2.30 bits per heavy atom. The highest BCUT2D eigenvalue weighted by atomic mass is 32.2. The molecule has 0 saturated carbocycles. The minimum Gasteiger partial charge on any atom is -0.493 e. The van der Waals surface area contributed by atoms with Crippen LogP contribution in [-0.4, -0.2) is 46.6 Å². The van der Waals surface area contributed by atoms with Crippen LogP contribution in [0.2, 0.25) is 0 Å². The van der Waals surface area contributed by atoms with Crippen molar-refractivity contribution in [1.82, 2.24) is 4.90 Å². The number of hydrogen-bond donors (Lipinski definition) is 0. The van der Waals surface area contributed by atoms with Crippen LogP contribution in [0.25, 0.3) is 10.8 Å². The highest BCUT2D eigenvalue weighted by Crippen LogP contribution is 2.31. The third-order valence-corrected chi connectivity index (χ3v) is 7.00. The maximum Gasteiger partial charge on any atom is 0.339 e. The van der Waals surface area contributed by atoms with E-state index in [1.54, 1.807) is 30.2 Å². The van der Waals surface area contributed by atoms with E-state index in [1.807, 2.05) is 36.4 Å². The zero-order chi connectivity index (χ0) is 26.4. The van der Waals surface area contributed by atoms with Crippen LogP contribution in [0.3, 0.4) is 0 Å². The van der Waals surface area contributed by atoms with Crippen molar-refractivity contribution < 1.29 is 31.3 Å². The van der Waals surface area contributed by atoms with Crippen molar-refractivity contribution in [1.29, 1.82) is 0 Å². The number of hydrogen-bond acceptors (Lipinski definition) is 6. The van der Waals surface area contributed by atoms with Gasteiger partial charge in [0.25, 0.3) is 5.91 Å². The van der Waals surface area contributed by atoms with Crippen LogP contribution in [0, 0.1) is 5.82 Å². The van der Waals surface area contributed by atoms with Crippen molar-refractivity contribution in [3.8, 4) is 11.5 Å². The molecule has 1 amide bonds. The molecule has 192 valence electrons. The van der Waals surface area contributed by atoms with Crippen LogP contribution in [0.15, 0.2) is 89.8 Å². The monoisotopic (exact) mass is 523 g/mol. The Morgan fingerprint density at radius 2 is 1.59 bits per heavy atom. The van der Waals surface area contributed by atoms with Crippen molar-refractivity contribution in [2.24, 2.45) is 0 Å². The number of fused-ring (bicyclic) bond motifs is 1. The first-order valence-corrected chi connectivity index (χ1v) is 12.9. The lowest BCUT2D eigenvalue weighted by Gasteiger charge is -2.23. The van der Waals surface area contributed by atoms with E-state index >= 15 is 0 Å². The second kappa shape index (κ2) is 11.4. The van der Waals surface area contributed by atoms with Crippen LogP contribution < -0.4 is 8.92 Å². The summed E-state index contributed by atoms with van der Waals surface area (Å²) in [5.74, 6) is -0.612. The van der Waals surface area contributed by atoms with Crippen molar-refractivity contribution >= 4 is 26.8 Å². The third kappa shape index (κ3) is 6.25. The molecule has 0 aromatic heterocycles. The van der Waals surface area contributed by atoms with Gasteiger partial charge in [-0.05, 0) is 64.9 Å². The number of carbonyl (C=O) groups is 1. The Morgan fingerprint density at radius 1 is 0.865 bits per heavy atom. The Labute approximate surface area is 215 Å². The van der Waals surface area contributed by atoms with Gasteiger partial charge in [0, 0.05) is 25.8 Å². The summed E-state index contributed by atoms with van der Waals surface area (Å²) in [5.41, 5.74) is 1.15. The van der Waals surface area contributed by atoms with Crippen LogP contribution in [0.1, 0.15) is 15.9 Å². The van der Waals surface area contributed by atoms with E-state index in [0.29, 0.717) is 24.3 Å². The predicted molar refractivity (Wildman–Crippen MR) is 138 cm³/mol. The number of methoxy groups -OCH3 is 2. The topological polar surface area (TPSA) is 82.1 Å². The number of amides is 1. The largest absolute Gasteiger partial charge is 0.493 e. The van der Waals surface area contributed by atoms with E-state index in [1.165, 1.54) is 13.2 Å². The quantitative estimate of drug-likeness (QED) is 0.271.